The molecular weight excluding hydrogens is 254 g/mol. The fourth-order valence-electron chi connectivity index (χ4n) is 2.50. The quantitative estimate of drug-likeness (QED) is 0.818. The standard InChI is InChI=1S/C15H19N3O2/c1-20-7-6-18(11-3-4-11)15(19)13-9-17-14-5-2-10(16)8-12(13)14/h2,5,8-9,11,17H,3-4,6-7,16H2,1H3. The van der Waals surface area contributed by atoms with E-state index in [1.165, 1.54) is 0 Å². The van der Waals surface area contributed by atoms with E-state index < -0.39 is 0 Å². The van der Waals surface area contributed by atoms with E-state index in [0.717, 1.165) is 23.7 Å². The molecule has 0 bridgehead atoms. The second kappa shape index (κ2) is 5.17. The molecule has 1 fully saturated rings. The Hall–Kier alpha value is -2.01. The highest BCUT2D eigenvalue weighted by Gasteiger charge is 2.33. The van der Waals surface area contributed by atoms with Gasteiger partial charge >= 0.3 is 0 Å². The number of nitrogens with zero attached hydrogens (tertiary/aromatic N) is 1. The van der Waals surface area contributed by atoms with Crippen molar-refractivity contribution in [2.75, 3.05) is 26.0 Å². The van der Waals surface area contributed by atoms with Gasteiger partial charge in [0.1, 0.15) is 0 Å². The summed E-state index contributed by atoms with van der Waals surface area (Å²) >= 11 is 0. The Labute approximate surface area is 117 Å². The summed E-state index contributed by atoms with van der Waals surface area (Å²) in [7, 11) is 1.65. The molecular formula is C15H19N3O2. The van der Waals surface area contributed by atoms with Crippen LogP contribution in [0.4, 0.5) is 5.69 Å². The Kier molecular flexibility index (Phi) is 3.36. The summed E-state index contributed by atoms with van der Waals surface area (Å²) in [6.07, 6.45) is 3.94. The molecule has 1 heterocycles. The second-order valence-corrected chi connectivity index (χ2v) is 5.23. The number of ether oxygens (including phenoxy) is 1. The lowest BCUT2D eigenvalue weighted by Crippen LogP contribution is -2.35. The van der Waals surface area contributed by atoms with Gasteiger partial charge in [0.05, 0.1) is 12.2 Å². The number of aromatic amines is 1. The summed E-state index contributed by atoms with van der Waals surface area (Å²) in [5.74, 6) is 0.0569. The molecule has 0 unspecified atom stereocenters. The van der Waals surface area contributed by atoms with Crippen molar-refractivity contribution in [1.29, 1.82) is 0 Å². The average Bonchev–Trinajstić information content (AvgIpc) is 3.18. The average molecular weight is 273 g/mol. The summed E-state index contributed by atoms with van der Waals surface area (Å²) in [4.78, 5) is 17.8. The maximum absolute atomic E-state index is 12.7. The number of fused-ring (bicyclic) bond motifs is 1. The van der Waals surface area contributed by atoms with Crippen molar-refractivity contribution in [3.8, 4) is 0 Å². The van der Waals surface area contributed by atoms with Gasteiger partial charge in [0.25, 0.3) is 5.91 Å². The first-order chi connectivity index (χ1) is 9.70. The number of benzene rings is 1. The van der Waals surface area contributed by atoms with Crippen LogP contribution in [-0.2, 0) is 4.74 Å². The van der Waals surface area contributed by atoms with Crippen LogP contribution >= 0.6 is 0 Å². The Morgan fingerprint density at radius 3 is 3.00 bits per heavy atom. The molecule has 20 heavy (non-hydrogen) atoms. The van der Waals surface area contributed by atoms with E-state index in [1.54, 1.807) is 13.3 Å². The van der Waals surface area contributed by atoms with Crippen LogP contribution in [0.5, 0.6) is 0 Å². The number of hydrogen-bond donors (Lipinski definition) is 2. The van der Waals surface area contributed by atoms with Crippen LogP contribution in [0, 0.1) is 0 Å². The lowest BCUT2D eigenvalue weighted by Gasteiger charge is -2.21. The van der Waals surface area contributed by atoms with Crippen molar-refractivity contribution in [1.82, 2.24) is 9.88 Å². The molecule has 1 aromatic carbocycles. The van der Waals surface area contributed by atoms with Gasteiger partial charge in [-0.1, -0.05) is 0 Å². The topological polar surface area (TPSA) is 71.3 Å². The van der Waals surface area contributed by atoms with Crippen LogP contribution in [-0.4, -0.2) is 42.1 Å². The fourth-order valence-corrected chi connectivity index (χ4v) is 2.50. The summed E-state index contributed by atoms with van der Waals surface area (Å²) in [5, 5.41) is 0.887. The Morgan fingerprint density at radius 1 is 1.50 bits per heavy atom. The predicted octanol–water partition coefficient (Wildman–Crippen LogP) is 2.00. The first kappa shape index (κ1) is 13.0. The number of aromatic nitrogens is 1. The Bertz CT molecular complexity index is 631. The molecule has 0 spiro atoms. The third-order valence-electron chi connectivity index (χ3n) is 3.72. The van der Waals surface area contributed by atoms with Gasteiger partial charge in [-0.05, 0) is 31.0 Å². The summed E-state index contributed by atoms with van der Waals surface area (Å²) < 4.78 is 5.10. The lowest BCUT2D eigenvalue weighted by atomic mass is 10.1. The highest BCUT2D eigenvalue weighted by atomic mass is 16.5. The number of amides is 1. The zero-order chi connectivity index (χ0) is 14.1. The van der Waals surface area contributed by atoms with Gasteiger partial charge in [0, 0.05) is 42.5 Å². The molecule has 5 heteroatoms. The Morgan fingerprint density at radius 2 is 2.30 bits per heavy atom. The van der Waals surface area contributed by atoms with E-state index >= 15 is 0 Å². The molecule has 0 aliphatic heterocycles. The molecule has 3 rings (SSSR count). The van der Waals surface area contributed by atoms with E-state index in [1.807, 2.05) is 23.1 Å². The first-order valence-corrected chi connectivity index (χ1v) is 6.87. The highest BCUT2D eigenvalue weighted by Crippen LogP contribution is 2.30. The van der Waals surface area contributed by atoms with E-state index in [2.05, 4.69) is 4.98 Å². The van der Waals surface area contributed by atoms with Crippen molar-refractivity contribution < 1.29 is 9.53 Å². The molecule has 0 radical (unpaired) electrons. The molecule has 3 N–H and O–H groups in total. The number of methoxy groups -OCH3 is 1. The van der Waals surface area contributed by atoms with E-state index in [9.17, 15) is 4.79 Å². The van der Waals surface area contributed by atoms with Crippen molar-refractivity contribution >= 4 is 22.5 Å². The number of nitrogens with one attached hydrogen (secondary N) is 1. The molecule has 5 nitrogen and oxygen atoms in total. The van der Waals surface area contributed by atoms with Gasteiger partial charge in [0.2, 0.25) is 0 Å². The third-order valence-corrected chi connectivity index (χ3v) is 3.72. The SMILES string of the molecule is COCCN(C(=O)c1c[nH]c2ccc(N)cc12)C1CC1. The van der Waals surface area contributed by atoms with Crippen LogP contribution in [0.3, 0.4) is 0 Å². The first-order valence-electron chi connectivity index (χ1n) is 6.87. The minimum Gasteiger partial charge on any atom is -0.399 e. The van der Waals surface area contributed by atoms with Gasteiger partial charge in [-0.3, -0.25) is 4.79 Å². The molecule has 1 aliphatic carbocycles. The van der Waals surface area contributed by atoms with E-state index in [-0.39, 0.29) is 5.91 Å². The molecule has 106 valence electrons. The van der Waals surface area contributed by atoms with Gasteiger partial charge in [-0.15, -0.1) is 0 Å². The Balaban J connectivity index is 1.92. The predicted molar refractivity (Wildman–Crippen MR) is 78.6 cm³/mol. The monoisotopic (exact) mass is 273 g/mol. The van der Waals surface area contributed by atoms with Crippen LogP contribution in [0.1, 0.15) is 23.2 Å². The zero-order valence-corrected chi connectivity index (χ0v) is 11.6. The molecule has 1 saturated carbocycles. The maximum atomic E-state index is 12.7. The van der Waals surface area contributed by atoms with E-state index in [4.69, 9.17) is 10.5 Å². The van der Waals surface area contributed by atoms with Crippen molar-refractivity contribution in [2.45, 2.75) is 18.9 Å². The number of carbonyl (C=O) groups is 1. The third kappa shape index (κ3) is 2.36. The van der Waals surface area contributed by atoms with Gasteiger partial charge < -0.3 is 20.4 Å². The number of anilines is 1. The minimum absolute atomic E-state index is 0.0569. The number of nitrogens with two attached hydrogens (primary N) is 1. The number of H-pyrrole nitrogens is 1. The zero-order valence-electron chi connectivity index (χ0n) is 11.6. The number of hydrogen-bond acceptors (Lipinski definition) is 3. The van der Waals surface area contributed by atoms with Gasteiger partial charge in [0.15, 0.2) is 0 Å². The summed E-state index contributed by atoms with van der Waals surface area (Å²) in [5.41, 5.74) is 8.11. The molecule has 0 atom stereocenters. The summed E-state index contributed by atoms with van der Waals surface area (Å²) in [6, 6.07) is 5.94. The molecule has 1 aliphatic rings. The lowest BCUT2D eigenvalue weighted by molar-refractivity contribution is 0.0682. The maximum Gasteiger partial charge on any atom is 0.256 e. The van der Waals surface area contributed by atoms with Crippen molar-refractivity contribution in [3.63, 3.8) is 0 Å². The second-order valence-electron chi connectivity index (χ2n) is 5.23. The van der Waals surface area contributed by atoms with Crippen LogP contribution < -0.4 is 5.73 Å². The molecule has 2 aromatic rings. The minimum atomic E-state index is 0.0569. The van der Waals surface area contributed by atoms with E-state index in [0.29, 0.717) is 30.4 Å². The van der Waals surface area contributed by atoms with Crippen molar-refractivity contribution in [2.24, 2.45) is 0 Å². The van der Waals surface area contributed by atoms with Crippen LogP contribution in [0.15, 0.2) is 24.4 Å². The number of rotatable bonds is 5. The highest BCUT2D eigenvalue weighted by molar-refractivity contribution is 6.07. The molecule has 1 aromatic heterocycles. The van der Waals surface area contributed by atoms with Crippen LogP contribution in [0.25, 0.3) is 10.9 Å². The fraction of sp³-hybridized carbons (Fsp3) is 0.400. The normalized spacial score (nSPS) is 14.7. The molecule has 0 saturated heterocycles. The smallest absolute Gasteiger partial charge is 0.256 e. The summed E-state index contributed by atoms with van der Waals surface area (Å²) in [6.45, 7) is 1.20. The van der Waals surface area contributed by atoms with Crippen molar-refractivity contribution in [3.05, 3.63) is 30.0 Å². The van der Waals surface area contributed by atoms with Gasteiger partial charge in [-0.2, -0.15) is 0 Å². The van der Waals surface area contributed by atoms with Gasteiger partial charge in [-0.25, -0.2) is 0 Å². The van der Waals surface area contributed by atoms with Crippen LogP contribution in [0.2, 0.25) is 0 Å². The number of nitrogen functional groups attached to an aromatic ring is 1. The molecule has 1 amide bonds. The largest absolute Gasteiger partial charge is 0.399 e. The number of carbonyl (C=O) groups excluding carboxylic acids is 1.